The summed E-state index contributed by atoms with van der Waals surface area (Å²) < 4.78 is 0. The third-order valence-corrected chi connectivity index (χ3v) is 3.38. The van der Waals surface area contributed by atoms with Crippen LogP contribution in [0.3, 0.4) is 0 Å². The molecule has 1 aliphatic carbocycles. The minimum Gasteiger partial charge on any atom is -0.396 e. The molecule has 0 aliphatic heterocycles. The van der Waals surface area contributed by atoms with Crippen molar-refractivity contribution in [3.63, 3.8) is 0 Å². The minimum atomic E-state index is -0.0255. The molecule has 17 heavy (non-hydrogen) atoms. The normalized spacial score (nSPS) is 24.0. The molecule has 0 bridgehead atoms. The van der Waals surface area contributed by atoms with Crippen molar-refractivity contribution in [1.82, 2.24) is 10.6 Å². The lowest BCUT2D eigenvalue weighted by Crippen LogP contribution is -2.39. The predicted molar refractivity (Wildman–Crippen MR) is 67.2 cm³/mol. The molecule has 0 aromatic heterocycles. The number of carbonyl (C=O) groups is 1. The van der Waals surface area contributed by atoms with Gasteiger partial charge < -0.3 is 10.4 Å². The summed E-state index contributed by atoms with van der Waals surface area (Å²) in [6.45, 7) is 1.58. The van der Waals surface area contributed by atoms with Crippen LogP contribution >= 0.6 is 0 Å². The highest BCUT2D eigenvalue weighted by Gasteiger charge is 2.24. The van der Waals surface area contributed by atoms with Crippen molar-refractivity contribution >= 4 is 5.91 Å². The molecule has 1 amide bonds. The van der Waals surface area contributed by atoms with Gasteiger partial charge in [-0.05, 0) is 24.7 Å². The average molecular weight is 238 g/mol. The fourth-order valence-electron chi connectivity index (χ4n) is 2.35. The molecule has 2 atom stereocenters. The van der Waals surface area contributed by atoms with Gasteiger partial charge in [0.15, 0.2) is 0 Å². The van der Waals surface area contributed by atoms with Crippen molar-refractivity contribution in [3.05, 3.63) is 0 Å². The first kappa shape index (κ1) is 14.0. The van der Waals surface area contributed by atoms with Gasteiger partial charge in [0.25, 0.3) is 0 Å². The number of nitrogens with one attached hydrogen (secondary N) is 2. The zero-order chi connectivity index (χ0) is 12.5. The van der Waals surface area contributed by atoms with Crippen LogP contribution in [0.4, 0.5) is 0 Å². The summed E-state index contributed by atoms with van der Waals surface area (Å²) in [5, 5.41) is 15.0. The Labute approximate surface area is 103 Å². The Balaban J connectivity index is 2.19. The van der Waals surface area contributed by atoms with Crippen LogP contribution < -0.4 is 10.6 Å². The van der Waals surface area contributed by atoms with Crippen molar-refractivity contribution < 1.29 is 9.90 Å². The number of amides is 1. The van der Waals surface area contributed by atoms with E-state index in [-0.39, 0.29) is 19.1 Å². The lowest BCUT2D eigenvalue weighted by atomic mass is 9.79. The molecule has 4 nitrogen and oxygen atoms in total. The lowest BCUT2D eigenvalue weighted by molar-refractivity contribution is -0.120. The van der Waals surface area contributed by atoms with Gasteiger partial charge in [-0.25, -0.2) is 0 Å². The van der Waals surface area contributed by atoms with Gasteiger partial charge in [-0.3, -0.25) is 10.1 Å². The number of aliphatic hydroxyl groups is 1. The standard InChI is InChI=1S/C13H22N2O2/c1-2-7-14-9-13(17)15-8-11-5-3-4-6-12(11)10-16/h1,11-12,14,16H,3-10H2,(H,15,17). The first-order valence-corrected chi connectivity index (χ1v) is 6.29. The van der Waals surface area contributed by atoms with Crippen LogP contribution in [0.5, 0.6) is 0 Å². The van der Waals surface area contributed by atoms with Crippen molar-refractivity contribution in [2.75, 3.05) is 26.2 Å². The highest BCUT2D eigenvalue weighted by atomic mass is 16.3. The molecular weight excluding hydrogens is 216 g/mol. The fraction of sp³-hybridized carbons (Fsp3) is 0.769. The third kappa shape index (κ3) is 5.20. The third-order valence-electron chi connectivity index (χ3n) is 3.38. The van der Waals surface area contributed by atoms with Crippen LogP contribution in [0, 0.1) is 24.2 Å². The molecule has 1 fully saturated rings. The van der Waals surface area contributed by atoms with Crippen LogP contribution in [-0.4, -0.2) is 37.3 Å². The van der Waals surface area contributed by atoms with E-state index in [1.54, 1.807) is 0 Å². The van der Waals surface area contributed by atoms with E-state index in [2.05, 4.69) is 16.6 Å². The lowest BCUT2D eigenvalue weighted by Gasteiger charge is -2.30. The van der Waals surface area contributed by atoms with Gasteiger partial charge in [0, 0.05) is 13.2 Å². The molecule has 4 heteroatoms. The topological polar surface area (TPSA) is 61.4 Å². The molecule has 0 aromatic carbocycles. The second-order valence-electron chi connectivity index (χ2n) is 4.60. The first-order valence-electron chi connectivity index (χ1n) is 6.29. The van der Waals surface area contributed by atoms with Crippen LogP contribution in [0.15, 0.2) is 0 Å². The Bertz CT molecular complexity index is 273. The molecule has 0 spiro atoms. The van der Waals surface area contributed by atoms with Crippen LogP contribution in [-0.2, 0) is 4.79 Å². The van der Waals surface area contributed by atoms with Crippen molar-refractivity contribution in [2.24, 2.45) is 11.8 Å². The van der Waals surface area contributed by atoms with Gasteiger partial charge in [-0.15, -0.1) is 6.42 Å². The van der Waals surface area contributed by atoms with Gasteiger partial charge in [0.1, 0.15) is 0 Å². The molecule has 3 N–H and O–H groups in total. The second kappa shape index (κ2) is 8.10. The molecule has 2 unspecified atom stereocenters. The van der Waals surface area contributed by atoms with Crippen LogP contribution in [0.2, 0.25) is 0 Å². The zero-order valence-electron chi connectivity index (χ0n) is 10.2. The predicted octanol–water partition coefficient (Wildman–Crippen LogP) is 0.124. The molecule has 1 rings (SSSR count). The van der Waals surface area contributed by atoms with Crippen LogP contribution in [0.1, 0.15) is 25.7 Å². The molecule has 1 aliphatic rings. The smallest absolute Gasteiger partial charge is 0.233 e. The van der Waals surface area contributed by atoms with Gasteiger partial charge >= 0.3 is 0 Å². The minimum absolute atomic E-state index is 0.0255. The molecule has 0 saturated heterocycles. The van der Waals surface area contributed by atoms with E-state index in [1.807, 2.05) is 0 Å². The van der Waals surface area contributed by atoms with Crippen LogP contribution in [0.25, 0.3) is 0 Å². The maximum absolute atomic E-state index is 11.5. The summed E-state index contributed by atoms with van der Waals surface area (Å²) in [4.78, 5) is 11.5. The quantitative estimate of drug-likeness (QED) is 0.455. The molecule has 1 saturated carbocycles. The molecule has 96 valence electrons. The zero-order valence-corrected chi connectivity index (χ0v) is 10.2. The SMILES string of the molecule is C#CCNCC(=O)NCC1CCCCC1CO. The maximum atomic E-state index is 11.5. The number of aliphatic hydroxyl groups excluding tert-OH is 1. The van der Waals surface area contributed by atoms with E-state index in [0.29, 0.717) is 24.9 Å². The Hall–Kier alpha value is -1.05. The number of terminal acetylenes is 1. The largest absolute Gasteiger partial charge is 0.396 e. The molecule has 0 radical (unpaired) electrons. The first-order chi connectivity index (χ1) is 8.27. The summed E-state index contributed by atoms with van der Waals surface area (Å²) in [5.74, 6) is 3.17. The van der Waals surface area contributed by atoms with Crippen molar-refractivity contribution in [2.45, 2.75) is 25.7 Å². The highest BCUT2D eigenvalue weighted by Crippen LogP contribution is 2.28. The number of hydrogen-bond donors (Lipinski definition) is 3. The summed E-state index contributed by atoms with van der Waals surface area (Å²) in [5.41, 5.74) is 0. The fourth-order valence-corrected chi connectivity index (χ4v) is 2.35. The second-order valence-corrected chi connectivity index (χ2v) is 4.60. The molecule has 0 aromatic rings. The van der Waals surface area contributed by atoms with E-state index < -0.39 is 0 Å². The van der Waals surface area contributed by atoms with E-state index in [0.717, 1.165) is 12.8 Å². The Morgan fingerprint density at radius 3 is 2.71 bits per heavy atom. The Kier molecular flexibility index (Phi) is 6.68. The van der Waals surface area contributed by atoms with Crippen molar-refractivity contribution in [1.29, 1.82) is 0 Å². The van der Waals surface area contributed by atoms with E-state index in [9.17, 15) is 9.90 Å². The summed E-state index contributed by atoms with van der Waals surface area (Å²) in [6.07, 6.45) is 9.64. The summed E-state index contributed by atoms with van der Waals surface area (Å²) in [7, 11) is 0. The van der Waals surface area contributed by atoms with E-state index >= 15 is 0 Å². The number of carbonyl (C=O) groups excluding carboxylic acids is 1. The Morgan fingerprint density at radius 1 is 1.35 bits per heavy atom. The molecular formula is C13H22N2O2. The van der Waals surface area contributed by atoms with Crippen molar-refractivity contribution in [3.8, 4) is 12.3 Å². The number of hydrogen-bond acceptors (Lipinski definition) is 3. The van der Waals surface area contributed by atoms with E-state index in [4.69, 9.17) is 6.42 Å². The maximum Gasteiger partial charge on any atom is 0.233 e. The number of rotatable bonds is 6. The molecule has 0 heterocycles. The average Bonchev–Trinajstić information content (AvgIpc) is 2.37. The van der Waals surface area contributed by atoms with Gasteiger partial charge in [-0.2, -0.15) is 0 Å². The Morgan fingerprint density at radius 2 is 2.06 bits per heavy atom. The summed E-state index contributed by atoms with van der Waals surface area (Å²) in [6, 6.07) is 0. The highest BCUT2D eigenvalue weighted by molar-refractivity contribution is 5.77. The van der Waals surface area contributed by atoms with E-state index in [1.165, 1.54) is 12.8 Å². The monoisotopic (exact) mass is 238 g/mol. The van der Waals surface area contributed by atoms with Gasteiger partial charge in [-0.1, -0.05) is 18.8 Å². The van der Waals surface area contributed by atoms with Gasteiger partial charge in [0.05, 0.1) is 13.1 Å². The van der Waals surface area contributed by atoms with Gasteiger partial charge in [0.2, 0.25) is 5.91 Å². The summed E-state index contributed by atoms with van der Waals surface area (Å²) >= 11 is 0.